The molecule has 1 fully saturated rings. The van der Waals surface area contributed by atoms with Crippen LogP contribution >= 0.6 is 0 Å². The first-order valence-corrected chi connectivity index (χ1v) is 17.0. The number of methoxy groups -OCH3 is 1. The number of nitrogens with zero attached hydrogens (tertiary/aromatic N) is 4. The summed E-state index contributed by atoms with van der Waals surface area (Å²) < 4.78 is 136. The lowest BCUT2D eigenvalue weighted by molar-refractivity contribution is -0.143. The smallest absolute Gasteiger partial charge is 0.416 e. The monoisotopic (exact) mass is 764 g/mol. The van der Waals surface area contributed by atoms with Gasteiger partial charge in [-0.25, -0.2) is 9.97 Å². The number of alkyl halides is 9. The van der Waals surface area contributed by atoms with Crippen molar-refractivity contribution in [3.8, 4) is 5.75 Å². The van der Waals surface area contributed by atoms with Crippen molar-refractivity contribution in [3.63, 3.8) is 0 Å². The fourth-order valence-corrected chi connectivity index (χ4v) is 6.51. The van der Waals surface area contributed by atoms with E-state index >= 15 is 0 Å². The molecule has 0 aliphatic heterocycles. The summed E-state index contributed by atoms with van der Waals surface area (Å²) in [4.78, 5) is 22.8. The summed E-state index contributed by atoms with van der Waals surface area (Å²) in [6.45, 7) is 3.81. The van der Waals surface area contributed by atoms with Gasteiger partial charge in [-0.05, 0) is 98.9 Å². The highest BCUT2D eigenvalue weighted by Gasteiger charge is 2.38. The van der Waals surface area contributed by atoms with E-state index in [0.717, 1.165) is 12.1 Å². The summed E-state index contributed by atoms with van der Waals surface area (Å²) >= 11 is 0. The van der Waals surface area contributed by atoms with Crippen molar-refractivity contribution in [2.75, 3.05) is 43.2 Å². The molecule has 0 unspecified atom stereocenters. The Bertz CT molecular complexity index is 1630. The number of anilines is 2. The van der Waals surface area contributed by atoms with Gasteiger partial charge in [0.2, 0.25) is 5.95 Å². The first kappa shape index (κ1) is 41.5. The largest absolute Gasteiger partial charge is 0.488 e. The van der Waals surface area contributed by atoms with Gasteiger partial charge in [-0.3, -0.25) is 4.79 Å². The Balaban J connectivity index is 1.80. The average Bonchev–Trinajstić information content (AvgIpc) is 3.09. The highest BCUT2D eigenvalue weighted by molar-refractivity contribution is 5.67. The maximum Gasteiger partial charge on any atom is 0.416 e. The van der Waals surface area contributed by atoms with Crippen molar-refractivity contribution in [3.05, 3.63) is 76.6 Å². The molecular weight excluding hydrogens is 723 g/mol. The minimum absolute atomic E-state index is 0.00236. The second kappa shape index (κ2) is 17.2. The minimum Gasteiger partial charge on any atom is -0.488 e. The highest BCUT2D eigenvalue weighted by Crippen LogP contribution is 2.41. The van der Waals surface area contributed by atoms with Gasteiger partial charge in [0.05, 0.1) is 41.7 Å². The SMILES string of the molecule is CCN(C[C@H]1CC[C@H](CC(=O)O)CC1)c1ccc(C(F)(F)F)cc1CN(c1ncc(OCCOC)cn1)[C@@H](C)c1cc(C(F)(F)F)cc(C(F)(F)F)c1. The predicted octanol–water partition coefficient (Wildman–Crippen LogP) is 9.43. The Morgan fingerprint density at radius 3 is 1.92 bits per heavy atom. The van der Waals surface area contributed by atoms with E-state index in [9.17, 15) is 49.4 Å². The number of aromatic nitrogens is 2. The molecule has 1 saturated carbocycles. The second-order valence-electron chi connectivity index (χ2n) is 13.1. The lowest BCUT2D eigenvalue weighted by Crippen LogP contribution is -2.34. The van der Waals surface area contributed by atoms with Crippen molar-refractivity contribution in [2.45, 2.75) is 77.1 Å². The molecule has 0 saturated heterocycles. The third-order valence-corrected chi connectivity index (χ3v) is 9.37. The Hall–Kier alpha value is -4.28. The summed E-state index contributed by atoms with van der Waals surface area (Å²) in [5, 5.41) is 9.18. The van der Waals surface area contributed by atoms with E-state index in [1.54, 1.807) is 0 Å². The first-order chi connectivity index (χ1) is 24.8. The highest BCUT2D eigenvalue weighted by atomic mass is 19.4. The van der Waals surface area contributed by atoms with Crippen LogP contribution < -0.4 is 14.5 Å². The van der Waals surface area contributed by atoms with Crippen molar-refractivity contribution >= 4 is 17.6 Å². The quantitative estimate of drug-likeness (QED) is 0.121. The summed E-state index contributed by atoms with van der Waals surface area (Å²) in [6.07, 6.45) is -9.76. The van der Waals surface area contributed by atoms with Gasteiger partial charge < -0.3 is 24.4 Å². The molecule has 0 bridgehead atoms. The maximum absolute atomic E-state index is 14.1. The van der Waals surface area contributed by atoms with Gasteiger partial charge >= 0.3 is 24.5 Å². The van der Waals surface area contributed by atoms with E-state index in [4.69, 9.17) is 9.47 Å². The number of ether oxygens (including phenoxy) is 2. The van der Waals surface area contributed by atoms with Crippen LogP contribution in [0.5, 0.6) is 5.75 Å². The summed E-state index contributed by atoms with van der Waals surface area (Å²) in [5.41, 5.74) is -4.06. The van der Waals surface area contributed by atoms with Crippen LogP contribution in [0.25, 0.3) is 0 Å². The fourth-order valence-electron chi connectivity index (χ4n) is 6.51. The van der Waals surface area contributed by atoms with Gasteiger partial charge in [0.15, 0.2) is 5.75 Å². The van der Waals surface area contributed by atoms with Gasteiger partial charge in [0.1, 0.15) is 6.61 Å². The van der Waals surface area contributed by atoms with Crippen molar-refractivity contribution in [2.24, 2.45) is 11.8 Å². The summed E-state index contributed by atoms with van der Waals surface area (Å²) in [5.74, 6) is -0.766. The van der Waals surface area contributed by atoms with Crippen LogP contribution in [0.15, 0.2) is 48.8 Å². The van der Waals surface area contributed by atoms with Crippen molar-refractivity contribution < 1.29 is 58.9 Å². The first-order valence-electron chi connectivity index (χ1n) is 17.0. The molecule has 4 rings (SSSR count). The van der Waals surface area contributed by atoms with Crippen LogP contribution in [-0.4, -0.2) is 54.5 Å². The fraction of sp³-hybridized carbons (Fsp3) is 0.528. The zero-order valence-electron chi connectivity index (χ0n) is 29.3. The molecule has 292 valence electrons. The molecule has 1 heterocycles. The third kappa shape index (κ3) is 11.4. The molecule has 3 aromatic rings. The van der Waals surface area contributed by atoms with Crippen molar-refractivity contribution in [1.82, 2.24) is 9.97 Å². The van der Waals surface area contributed by atoms with Crippen LogP contribution in [0.2, 0.25) is 0 Å². The van der Waals surface area contributed by atoms with Crippen LogP contribution in [0.1, 0.15) is 79.8 Å². The molecule has 17 heteroatoms. The molecular formula is C36H41F9N4O4. The van der Waals surface area contributed by atoms with E-state index in [1.807, 2.05) is 11.8 Å². The van der Waals surface area contributed by atoms with Crippen LogP contribution in [0.4, 0.5) is 51.1 Å². The van der Waals surface area contributed by atoms with E-state index in [-0.39, 0.29) is 54.8 Å². The van der Waals surface area contributed by atoms with Crippen LogP contribution in [0.3, 0.4) is 0 Å². The number of aliphatic carboxylic acids is 1. The number of benzene rings is 2. The standard InChI is InChI=1S/C36H41F9N4O4/c1-4-48(20-24-7-5-23(6-8-24)13-32(50)51)31-10-9-27(34(37,38)39)16-26(31)21-49(33-46-18-30(19-47-33)53-12-11-52-3)22(2)25-14-28(35(40,41)42)17-29(15-25)36(43,44)45/h9-10,14-19,22-24H,4-8,11-13,20-21H2,1-3H3,(H,50,51)/t22-,23-,24-/m0/s1. The average molecular weight is 765 g/mol. The number of carbonyl (C=O) groups is 1. The molecule has 8 nitrogen and oxygen atoms in total. The molecule has 0 radical (unpaired) electrons. The number of hydrogen-bond donors (Lipinski definition) is 1. The van der Waals surface area contributed by atoms with Crippen LogP contribution in [0, 0.1) is 11.8 Å². The van der Waals surface area contributed by atoms with E-state index < -0.39 is 59.3 Å². The number of rotatable bonds is 15. The van der Waals surface area contributed by atoms with Crippen molar-refractivity contribution in [1.29, 1.82) is 0 Å². The van der Waals surface area contributed by atoms with Gasteiger partial charge in [0.25, 0.3) is 0 Å². The molecule has 0 amide bonds. The molecule has 1 atom stereocenters. The van der Waals surface area contributed by atoms with Gasteiger partial charge in [-0.1, -0.05) is 0 Å². The molecule has 2 aromatic carbocycles. The zero-order valence-corrected chi connectivity index (χ0v) is 29.3. The molecule has 0 spiro atoms. The maximum atomic E-state index is 14.1. The molecule has 1 N–H and O–H groups in total. The van der Waals surface area contributed by atoms with Crippen LogP contribution in [-0.2, 0) is 34.6 Å². The lowest BCUT2D eigenvalue weighted by Gasteiger charge is -2.36. The molecule has 1 aliphatic rings. The normalized spacial score (nSPS) is 17.4. The van der Waals surface area contributed by atoms with E-state index in [0.29, 0.717) is 56.6 Å². The molecule has 53 heavy (non-hydrogen) atoms. The lowest BCUT2D eigenvalue weighted by atomic mass is 9.80. The van der Waals surface area contributed by atoms with Gasteiger partial charge in [-0.2, -0.15) is 39.5 Å². The Morgan fingerprint density at radius 2 is 1.42 bits per heavy atom. The topological polar surface area (TPSA) is 88.0 Å². The van der Waals surface area contributed by atoms with E-state index in [2.05, 4.69) is 9.97 Å². The number of halogens is 9. The Kier molecular flexibility index (Phi) is 13.5. The van der Waals surface area contributed by atoms with E-state index in [1.165, 1.54) is 37.4 Å². The third-order valence-electron chi connectivity index (χ3n) is 9.37. The number of carboxylic acids is 1. The summed E-state index contributed by atoms with van der Waals surface area (Å²) in [6, 6.07) is 2.96. The second-order valence-corrected chi connectivity index (χ2v) is 13.1. The summed E-state index contributed by atoms with van der Waals surface area (Å²) in [7, 11) is 1.45. The number of hydrogen-bond acceptors (Lipinski definition) is 7. The minimum atomic E-state index is -5.14. The predicted molar refractivity (Wildman–Crippen MR) is 177 cm³/mol. The number of carboxylic acid groups (broad SMARTS) is 1. The molecule has 1 aromatic heterocycles. The van der Waals surface area contributed by atoms with Gasteiger partial charge in [0, 0.05) is 38.9 Å². The molecule has 1 aliphatic carbocycles. The van der Waals surface area contributed by atoms with Gasteiger partial charge in [-0.15, -0.1) is 0 Å². The zero-order chi connectivity index (χ0) is 39.1. The Morgan fingerprint density at radius 1 is 0.849 bits per heavy atom. The Labute approximate surface area is 300 Å².